The number of hydrogen-bond donors (Lipinski definition) is 1. The Balaban J connectivity index is 2.65. The molecule has 0 aromatic heterocycles. The summed E-state index contributed by atoms with van der Waals surface area (Å²) in [6.07, 6.45) is 1.82. The van der Waals surface area contributed by atoms with Crippen molar-refractivity contribution >= 4 is 9.84 Å². The summed E-state index contributed by atoms with van der Waals surface area (Å²) in [7, 11) is -2.99. The Morgan fingerprint density at radius 3 is 2.73 bits per heavy atom. The molecule has 2 atom stereocenters. The van der Waals surface area contributed by atoms with Crippen molar-refractivity contribution in [3.8, 4) is 0 Å². The lowest BCUT2D eigenvalue weighted by atomic mass is 10.1. The van der Waals surface area contributed by atoms with Gasteiger partial charge in [-0.05, 0) is 19.4 Å². The second-order valence-corrected chi connectivity index (χ2v) is 6.42. The molecule has 1 saturated heterocycles. The Kier molecular flexibility index (Phi) is 5.02. The summed E-state index contributed by atoms with van der Waals surface area (Å²) in [4.78, 5) is 0. The molecule has 0 amide bonds. The fourth-order valence-electron chi connectivity index (χ4n) is 1.84. The first-order valence-electron chi connectivity index (χ1n) is 5.64. The molecule has 1 fully saturated rings. The number of rotatable bonds is 5. The summed E-state index contributed by atoms with van der Waals surface area (Å²) in [5, 5.41) is 2.94. The molecular weight excluding hydrogens is 214 g/mol. The van der Waals surface area contributed by atoms with Crippen molar-refractivity contribution < 1.29 is 13.2 Å². The first-order valence-corrected chi connectivity index (χ1v) is 7.36. The van der Waals surface area contributed by atoms with Crippen molar-refractivity contribution in [3.05, 3.63) is 0 Å². The van der Waals surface area contributed by atoms with Gasteiger partial charge in [0.15, 0.2) is 9.84 Å². The van der Waals surface area contributed by atoms with Gasteiger partial charge in [-0.2, -0.15) is 0 Å². The predicted molar refractivity (Wildman–Crippen MR) is 60.8 cm³/mol. The maximum absolute atomic E-state index is 11.8. The standard InChI is InChI=1S/C10H21NO3S/c1-3-6-11-9-5-7-14-8-10(9)15(12,13)4-2/h9-11H,3-8H2,1-2H3. The van der Waals surface area contributed by atoms with Crippen LogP contribution in [-0.4, -0.2) is 45.2 Å². The van der Waals surface area contributed by atoms with E-state index in [-0.39, 0.29) is 17.0 Å². The first kappa shape index (κ1) is 12.9. The van der Waals surface area contributed by atoms with E-state index < -0.39 is 9.84 Å². The van der Waals surface area contributed by atoms with Gasteiger partial charge in [0, 0.05) is 18.4 Å². The van der Waals surface area contributed by atoms with Crippen LogP contribution in [0.1, 0.15) is 26.7 Å². The monoisotopic (exact) mass is 235 g/mol. The summed E-state index contributed by atoms with van der Waals surface area (Å²) >= 11 is 0. The van der Waals surface area contributed by atoms with Gasteiger partial charge in [-0.1, -0.05) is 13.8 Å². The highest BCUT2D eigenvalue weighted by molar-refractivity contribution is 7.92. The highest BCUT2D eigenvalue weighted by Gasteiger charge is 2.34. The van der Waals surface area contributed by atoms with Crippen LogP contribution in [0.4, 0.5) is 0 Å². The molecule has 0 radical (unpaired) electrons. The van der Waals surface area contributed by atoms with E-state index >= 15 is 0 Å². The Labute approximate surface area is 92.3 Å². The Bertz CT molecular complexity index is 276. The topological polar surface area (TPSA) is 55.4 Å². The summed E-state index contributed by atoms with van der Waals surface area (Å²) in [6.45, 7) is 5.66. The predicted octanol–water partition coefficient (Wildman–Crippen LogP) is 0.578. The van der Waals surface area contributed by atoms with E-state index in [4.69, 9.17) is 4.74 Å². The fraction of sp³-hybridized carbons (Fsp3) is 1.00. The Hall–Kier alpha value is -0.130. The van der Waals surface area contributed by atoms with E-state index in [1.807, 2.05) is 0 Å². The molecule has 5 heteroatoms. The zero-order valence-electron chi connectivity index (χ0n) is 9.53. The largest absolute Gasteiger partial charge is 0.380 e. The third-order valence-corrected chi connectivity index (χ3v) is 5.02. The summed E-state index contributed by atoms with van der Waals surface area (Å²) in [5.74, 6) is 0.200. The number of ether oxygens (including phenoxy) is 1. The third-order valence-electron chi connectivity index (χ3n) is 2.82. The SMILES string of the molecule is CCCNC1CCOCC1S(=O)(=O)CC. The lowest BCUT2D eigenvalue weighted by Gasteiger charge is -2.31. The highest BCUT2D eigenvalue weighted by atomic mass is 32.2. The van der Waals surface area contributed by atoms with Crippen LogP contribution in [0.2, 0.25) is 0 Å². The molecule has 1 aliphatic rings. The van der Waals surface area contributed by atoms with Crippen molar-refractivity contribution in [2.45, 2.75) is 38.0 Å². The van der Waals surface area contributed by atoms with E-state index in [1.165, 1.54) is 0 Å². The highest BCUT2D eigenvalue weighted by Crippen LogP contribution is 2.16. The molecular formula is C10H21NO3S. The van der Waals surface area contributed by atoms with Gasteiger partial charge in [0.05, 0.1) is 11.9 Å². The molecule has 0 aromatic carbocycles. The molecule has 1 aliphatic heterocycles. The molecule has 1 rings (SSSR count). The van der Waals surface area contributed by atoms with Crippen LogP contribution in [0.3, 0.4) is 0 Å². The molecule has 15 heavy (non-hydrogen) atoms. The van der Waals surface area contributed by atoms with E-state index in [9.17, 15) is 8.42 Å². The second-order valence-electron chi connectivity index (χ2n) is 3.91. The number of sulfone groups is 1. The minimum absolute atomic E-state index is 0.0728. The van der Waals surface area contributed by atoms with Crippen molar-refractivity contribution in [1.82, 2.24) is 5.32 Å². The average Bonchev–Trinajstić information content (AvgIpc) is 2.26. The lowest BCUT2D eigenvalue weighted by Crippen LogP contribution is -2.51. The Morgan fingerprint density at radius 2 is 2.13 bits per heavy atom. The van der Waals surface area contributed by atoms with Crippen LogP contribution in [0, 0.1) is 0 Å². The average molecular weight is 235 g/mol. The fourth-order valence-corrected chi connectivity index (χ4v) is 3.31. The molecule has 0 aromatic rings. The lowest BCUT2D eigenvalue weighted by molar-refractivity contribution is 0.0808. The van der Waals surface area contributed by atoms with Gasteiger partial charge in [0.25, 0.3) is 0 Å². The molecule has 0 spiro atoms. The van der Waals surface area contributed by atoms with Gasteiger partial charge < -0.3 is 10.1 Å². The van der Waals surface area contributed by atoms with Crippen molar-refractivity contribution in [2.24, 2.45) is 0 Å². The first-order chi connectivity index (χ1) is 7.11. The van der Waals surface area contributed by atoms with Crippen molar-refractivity contribution in [2.75, 3.05) is 25.5 Å². The van der Waals surface area contributed by atoms with Crippen LogP contribution < -0.4 is 5.32 Å². The van der Waals surface area contributed by atoms with Crippen LogP contribution in [0.25, 0.3) is 0 Å². The molecule has 0 aliphatic carbocycles. The summed E-state index contributed by atoms with van der Waals surface area (Å²) in [5.41, 5.74) is 0. The van der Waals surface area contributed by atoms with Gasteiger partial charge in [-0.15, -0.1) is 0 Å². The molecule has 2 unspecified atom stereocenters. The van der Waals surface area contributed by atoms with Crippen LogP contribution in [-0.2, 0) is 14.6 Å². The molecule has 0 saturated carbocycles. The Morgan fingerprint density at radius 1 is 1.40 bits per heavy atom. The molecule has 90 valence electrons. The van der Waals surface area contributed by atoms with Crippen LogP contribution in [0.15, 0.2) is 0 Å². The van der Waals surface area contributed by atoms with E-state index in [1.54, 1.807) is 6.92 Å². The molecule has 4 nitrogen and oxygen atoms in total. The van der Waals surface area contributed by atoms with E-state index in [0.717, 1.165) is 19.4 Å². The van der Waals surface area contributed by atoms with Crippen LogP contribution >= 0.6 is 0 Å². The van der Waals surface area contributed by atoms with E-state index in [0.29, 0.717) is 13.2 Å². The zero-order chi connectivity index (χ0) is 11.3. The zero-order valence-corrected chi connectivity index (χ0v) is 10.3. The molecule has 1 heterocycles. The van der Waals surface area contributed by atoms with Crippen molar-refractivity contribution in [1.29, 1.82) is 0 Å². The van der Waals surface area contributed by atoms with Gasteiger partial charge in [-0.3, -0.25) is 0 Å². The maximum Gasteiger partial charge on any atom is 0.156 e. The second kappa shape index (κ2) is 5.82. The van der Waals surface area contributed by atoms with Crippen LogP contribution in [0.5, 0.6) is 0 Å². The van der Waals surface area contributed by atoms with E-state index in [2.05, 4.69) is 12.2 Å². The quantitative estimate of drug-likeness (QED) is 0.757. The summed E-state index contributed by atoms with van der Waals surface area (Å²) in [6, 6.07) is 0.0728. The minimum Gasteiger partial charge on any atom is -0.380 e. The number of nitrogens with one attached hydrogen (secondary N) is 1. The van der Waals surface area contributed by atoms with Crippen molar-refractivity contribution in [3.63, 3.8) is 0 Å². The molecule has 1 N–H and O–H groups in total. The summed E-state index contributed by atoms with van der Waals surface area (Å²) < 4.78 is 28.9. The maximum atomic E-state index is 11.8. The number of hydrogen-bond acceptors (Lipinski definition) is 4. The third kappa shape index (κ3) is 3.43. The molecule has 0 bridgehead atoms. The normalized spacial score (nSPS) is 27.9. The van der Waals surface area contributed by atoms with Gasteiger partial charge >= 0.3 is 0 Å². The smallest absolute Gasteiger partial charge is 0.156 e. The van der Waals surface area contributed by atoms with Gasteiger partial charge in [-0.25, -0.2) is 8.42 Å². The van der Waals surface area contributed by atoms with Gasteiger partial charge in [0.2, 0.25) is 0 Å². The minimum atomic E-state index is -2.99. The van der Waals surface area contributed by atoms with Gasteiger partial charge in [0.1, 0.15) is 0 Å².